The highest BCUT2D eigenvalue weighted by Crippen LogP contribution is 2.35. The molecule has 0 fully saturated rings. The molecule has 1 aliphatic rings. The Bertz CT molecular complexity index is 1450. The van der Waals surface area contributed by atoms with Crippen LogP contribution in [0.15, 0.2) is 82.9 Å². The Morgan fingerprint density at radius 1 is 1.00 bits per heavy atom. The maximum absolute atomic E-state index is 13.5. The number of methoxy groups -OCH3 is 1. The summed E-state index contributed by atoms with van der Waals surface area (Å²) in [5.41, 5.74) is 7.54. The minimum atomic E-state index is -0.157. The fourth-order valence-electron chi connectivity index (χ4n) is 4.72. The SMILES string of the molecule is COc1ccc([C@H]2CC(c3ccccc3)=NN2C(=O)CSc2cc(C)c3cc(C)cc(C)c3n2)cc1. The van der Waals surface area contributed by atoms with E-state index < -0.39 is 0 Å². The zero-order valence-electron chi connectivity index (χ0n) is 21.0. The predicted octanol–water partition coefficient (Wildman–Crippen LogP) is 6.64. The summed E-state index contributed by atoms with van der Waals surface area (Å²) in [6, 6.07) is 24.2. The van der Waals surface area contributed by atoms with Gasteiger partial charge in [0, 0.05) is 11.8 Å². The summed E-state index contributed by atoms with van der Waals surface area (Å²) >= 11 is 1.47. The molecule has 1 atom stereocenters. The minimum Gasteiger partial charge on any atom is -0.497 e. The van der Waals surface area contributed by atoms with E-state index in [-0.39, 0.29) is 17.7 Å². The highest BCUT2D eigenvalue weighted by Gasteiger charge is 2.33. The summed E-state index contributed by atoms with van der Waals surface area (Å²) in [5, 5.41) is 8.47. The zero-order chi connectivity index (χ0) is 25.2. The van der Waals surface area contributed by atoms with Gasteiger partial charge >= 0.3 is 0 Å². The van der Waals surface area contributed by atoms with Crippen LogP contribution in [0.2, 0.25) is 0 Å². The molecule has 2 heterocycles. The van der Waals surface area contributed by atoms with E-state index in [1.807, 2.05) is 54.6 Å². The Balaban J connectivity index is 1.40. The Labute approximate surface area is 216 Å². The molecule has 0 unspecified atom stereocenters. The minimum absolute atomic E-state index is 0.0353. The van der Waals surface area contributed by atoms with Crippen LogP contribution < -0.4 is 4.74 Å². The number of hydrogen-bond acceptors (Lipinski definition) is 5. The van der Waals surface area contributed by atoms with Gasteiger partial charge in [0.25, 0.3) is 5.91 Å². The van der Waals surface area contributed by atoms with Crippen molar-refractivity contribution in [2.75, 3.05) is 12.9 Å². The summed E-state index contributed by atoms with van der Waals surface area (Å²) in [5.74, 6) is 1.02. The number of hydrazone groups is 1. The van der Waals surface area contributed by atoms with Crippen molar-refractivity contribution in [1.29, 1.82) is 0 Å². The van der Waals surface area contributed by atoms with Gasteiger partial charge in [-0.25, -0.2) is 9.99 Å². The molecule has 1 amide bonds. The third-order valence-electron chi connectivity index (χ3n) is 6.55. The Morgan fingerprint density at radius 3 is 2.47 bits per heavy atom. The number of hydrogen-bond donors (Lipinski definition) is 0. The van der Waals surface area contributed by atoms with E-state index in [0.29, 0.717) is 6.42 Å². The summed E-state index contributed by atoms with van der Waals surface area (Å²) in [4.78, 5) is 18.4. The Kier molecular flexibility index (Phi) is 6.79. The van der Waals surface area contributed by atoms with Crippen LogP contribution in [-0.2, 0) is 4.79 Å². The molecule has 5 nitrogen and oxygen atoms in total. The predicted molar refractivity (Wildman–Crippen MR) is 147 cm³/mol. The molecule has 0 N–H and O–H groups in total. The summed E-state index contributed by atoms with van der Waals surface area (Å²) < 4.78 is 5.32. The molecular formula is C30H29N3O2S. The maximum atomic E-state index is 13.5. The monoisotopic (exact) mass is 495 g/mol. The lowest BCUT2D eigenvalue weighted by molar-refractivity contribution is -0.130. The van der Waals surface area contributed by atoms with Gasteiger partial charge < -0.3 is 4.74 Å². The molecule has 5 rings (SSSR count). The molecule has 36 heavy (non-hydrogen) atoms. The van der Waals surface area contributed by atoms with Gasteiger partial charge in [0.2, 0.25) is 0 Å². The standard InChI is InChI=1S/C30H29N3O2S/c1-19-14-21(3)30-25(15-19)20(2)16-28(31-30)36-18-29(34)33-27(23-10-12-24(35-4)13-11-23)17-26(32-33)22-8-6-5-7-9-22/h5-16,27H,17-18H2,1-4H3/t27-/m1/s1. The number of carbonyl (C=O) groups excluding carboxylic acids is 1. The summed E-state index contributed by atoms with van der Waals surface area (Å²) in [7, 11) is 1.65. The highest BCUT2D eigenvalue weighted by molar-refractivity contribution is 7.99. The van der Waals surface area contributed by atoms with Crippen molar-refractivity contribution in [2.24, 2.45) is 5.10 Å². The first kappa shape index (κ1) is 24.1. The van der Waals surface area contributed by atoms with E-state index in [4.69, 9.17) is 14.8 Å². The summed E-state index contributed by atoms with van der Waals surface area (Å²) in [6.07, 6.45) is 0.665. The number of aryl methyl sites for hydroxylation is 3. The molecule has 182 valence electrons. The molecule has 0 spiro atoms. The molecule has 0 radical (unpaired) electrons. The van der Waals surface area contributed by atoms with Crippen molar-refractivity contribution in [2.45, 2.75) is 38.3 Å². The number of nitrogens with zero attached hydrogens (tertiary/aromatic N) is 3. The third-order valence-corrected chi connectivity index (χ3v) is 7.44. The lowest BCUT2D eigenvalue weighted by atomic mass is 9.98. The Hall–Kier alpha value is -3.64. The number of fused-ring (bicyclic) bond motifs is 1. The van der Waals surface area contributed by atoms with Crippen molar-refractivity contribution in [3.05, 3.63) is 101 Å². The number of carbonyl (C=O) groups is 1. The van der Waals surface area contributed by atoms with Gasteiger partial charge in [0.1, 0.15) is 5.75 Å². The number of rotatable bonds is 6. The Morgan fingerprint density at radius 2 is 1.75 bits per heavy atom. The number of aromatic nitrogens is 1. The fourth-order valence-corrected chi connectivity index (χ4v) is 5.54. The quantitative estimate of drug-likeness (QED) is 0.281. The van der Waals surface area contributed by atoms with Crippen molar-refractivity contribution in [3.8, 4) is 5.75 Å². The van der Waals surface area contributed by atoms with Gasteiger partial charge in [-0.3, -0.25) is 4.79 Å². The second kappa shape index (κ2) is 10.2. The molecular weight excluding hydrogens is 466 g/mol. The van der Waals surface area contributed by atoms with E-state index in [1.165, 1.54) is 28.3 Å². The second-order valence-corrected chi connectivity index (χ2v) is 10.2. The van der Waals surface area contributed by atoms with Gasteiger partial charge in [-0.2, -0.15) is 5.10 Å². The van der Waals surface area contributed by atoms with E-state index in [1.54, 1.807) is 12.1 Å². The second-order valence-electron chi connectivity index (χ2n) is 9.19. The molecule has 0 aliphatic carbocycles. The number of pyridine rings is 1. The van der Waals surface area contributed by atoms with Crippen LogP contribution >= 0.6 is 11.8 Å². The van der Waals surface area contributed by atoms with E-state index in [2.05, 4.69) is 39.0 Å². The average molecular weight is 496 g/mol. The molecule has 1 aromatic heterocycles. The van der Waals surface area contributed by atoms with Gasteiger partial charge in [0.15, 0.2) is 0 Å². The van der Waals surface area contributed by atoms with Gasteiger partial charge in [-0.05, 0) is 67.3 Å². The average Bonchev–Trinajstić information content (AvgIpc) is 3.34. The number of benzene rings is 3. The van der Waals surface area contributed by atoms with Crippen molar-refractivity contribution < 1.29 is 9.53 Å². The smallest absolute Gasteiger partial charge is 0.253 e. The maximum Gasteiger partial charge on any atom is 0.253 e. The largest absolute Gasteiger partial charge is 0.497 e. The number of ether oxygens (including phenoxy) is 1. The van der Waals surface area contributed by atoms with Crippen molar-refractivity contribution in [1.82, 2.24) is 9.99 Å². The highest BCUT2D eigenvalue weighted by atomic mass is 32.2. The molecule has 1 aliphatic heterocycles. The van der Waals surface area contributed by atoms with Gasteiger partial charge in [-0.15, -0.1) is 0 Å². The first-order valence-corrected chi connectivity index (χ1v) is 13.0. The topological polar surface area (TPSA) is 54.8 Å². The fraction of sp³-hybridized carbons (Fsp3) is 0.233. The first-order chi connectivity index (χ1) is 17.4. The van der Waals surface area contributed by atoms with Crippen LogP contribution in [0.1, 0.15) is 40.3 Å². The molecule has 0 saturated carbocycles. The van der Waals surface area contributed by atoms with Crippen LogP contribution in [0.3, 0.4) is 0 Å². The van der Waals surface area contributed by atoms with Crippen molar-refractivity contribution in [3.63, 3.8) is 0 Å². The molecule has 0 saturated heterocycles. The van der Waals surface area contributed by atoms with Crippen LogP contribution in [0.25, 0.3) is 10.9 Å². The van der Waals surface area contributed by atoms with Gasteiger partial charge in [-0.1, -0.05) is 65.9 Å². The normalized spacial score (nSPS) is 15.3. The first-order valence-electron chi connectivity index (χ1n) is 12.0. The van der Waals surface area contributed by atoms with Crippen LogP contribution in [0.4, 0.5) is 0 Å². The van der Waals surface area contributed by atoms with E-state index >= 15 is 0 Å². The third kappa shape index (κ3) is 4.86. The van der Waals surface area contributed by atoms with E-state index in [0.717, 1.165) is 38.7 Å². The molecule has 6 heteroatoms. The molecule has 4 aromatic rings. The number of amides is 1. The lowest BCUT2D eigenvalue weighted by Crippen LogP contribution is -2.28. The zero-order valence-corrected chi connectivity index (χ0v) is 21.8. The molecule has 0 bridgehead atoms. The number of thioether (sulfide) groups is 1. The van der Waals surface area contributed by atoms with Gasteiger partial charge in [0.05, 0.1) is 35.2 Å². The van der Waals surface area contributed by atoms with Crippen LogP contribution in [0.5, 0.6) is 5.75 Å². The van der Waals surface area contributed by atoms with Crippen LogP contribution in [-0.4, -0.2) is 34.5 Å². The van der Waals surface area contributed by atoms with Crippen LogP contribution in [0, 0.1) is 20.8 Å². The summed E-state index contributed by atoms with van der Waals surface area (Å²) in [6.45, 7) is 6.29. The van der Waals surface area contributed by atoms with Crippen molar-refractivity contribution >= 4 is 34.3 Å². The molecule has 3 aromatic carbocycles. The van der Waals surface area contributed by atoms with E-state index in [9.17, 15) is 4.79 Å². The lowest BCUT2D eigenvalue weighted by Gasteiger charge is -2.22.